The lowest BCUT2D eigenvalue weighted by molar-refractivity contribution is -0.122. The second-order valence-corrected chi connectivity index (χ2v) is 5.59. The Morgan fingerprint density at radius 3 is 2.53 bits per heavy atom. The van der Waals surface area contributed by atoms with Crippen molar-refractivity contribution in [3.05, 3.63) is 35.4 Å². The maximum Gasteiger partial charge on any atom is 0.220 e. The van der Waals surface area contributed by atoms with E-state index in [1.807, 2.05) is 31.2 Å². The molecule has 3 heteroatoms. The van der Waals surface area contributed by atoms with Crippen LogP contribution in [0.15, 0.2) is 24.3 Å². The first-order valence-electron chi connectivity index (χ1n) is 7.27. The lowest BCUT2D eigenvalue weighted by atomic mass is 10.0. The predicted molar refractivity (Wildman–Crippen MR) is 77.5 cm³/mol. The first-order valence-corrected chi connectivity index (χ1v) is 7.27. The molecule has 1 unspecified atom stereocenters. The van der Waals surface area contributed by atoms with Crippen molar-refractivity contribution in [3.8, 4) is 0 Å². The van der Waals surface area contributed by atoms with Gasteiger partial charge < -0.3 is 11.1 Å². The molecule has 0 aliphatic heterocycles. The van der Waals surface area contributed by atoms with Crippen LogP contribution < -0.4 is 11.1 Å². The van der Waals surface area contributed by atoms with Gasteiger partial charge in [-0.15, -0.1) is 0 Å². The fraction of sp³-hybridized carbons (Fsp3) is 0.562. The highest BCUT2D eigenvalue weighted by Gasteiger charge is 2.19. The van der Waals surface area contributed by atoms with Crippen molar-refractivity contribution in [2.45, 2.75) is 51.6 Å². The smallest absolute Gasteiger partial charge is 0.220 e. The molecule has 2 rings (SSSR count). The molecule has 1 fully saturated rings. The van der Waals surface area contributed by atoms with Crippen molar-refractivity contribution in [3.63, 3.8) is 0 Å². The Balaban J connectivity index is 1.84. The third kappa shape index (κ3) is 4.06. The number of hydrogen-bond donors (Lipinski definition) is 2. The summed E-state index contributed by atoms with van der Waals surface area (Å²) in [6.45, 7) is 2.59. The number of hydrogen-bond acceptors (Lipinski definition) is 2. The molecule has 0 spiro atoms. The first-order chi connectivity index (χ1) is 9.19. The second-order valence-electron chi connectivity index (χ2n) is 5.59. The fourth-order valence-electron chi connectivity index (χ4n) is 2.80. The van der Waals surface area contributed by atoms with Crippen LogP contribution in [-0.4, -0.2) is 5.91 Å². The number of nitrogens with one attached hydrogen (secondary N) is 1. The summed E-state index contributed by atoms with van der Waals surface area (Å²) < 4.78 is 0. The van der Waals surface area contributed by atoms with Crippen LogP contribution in [0.4, 0.5) is 0 Å². The van der Waals surface area contributed by atoms with E-state index in [-0.39, 0.29) is 11.9 Å². The molecule has 1 atom stereocenters. The van der Waals surface area contributed by atoms with E-state index in [0.717, 1.165) is 11.1 Å². The molecule has 104 valence electrons. The molecule has 3 N–H and O–H groups in total. The Kier molecular flexibility index (Phi) is 4.97. The minimum Gasteiger partial charge on any atom is -0.350 e. The van der Waals surface area contributed by atoms with E-state index in [2.05, 4.69) is 5.32 Å². The molecule has 0 saturated heterocycles. The van der Waals surface area contributed by atoms with Crippen molar-refractivity contribution in [1.29, 1.82) is 0 Å². The summed E-state index contributed by atoms with van der Waals surface area (Å²) in [4.78, 5) is 12.0. The molecule has 1 amide bonds. The number of carbonyl (C=O) groups excluding carboxylic acids is 1. The van der Waals surface area contributed by atoms with Gasteiger partial charge in [-0.25, -0.2) is 0 Å². The Labute approximate surface area is 115 Å². The molecule has 3 nitrogen and oxygen atoms in total. The average Bonchev–Trinajstić information content (AvgIpc) is 2.91. The highest BCUT2D eigenvalue weighted by molar-refractivity contribution is 5.76. The maximum atomic E-state index is 12.0. The third-order valence-electron chi connectivity index (χ3n) is 4.04. The van der Waals surface area contributed by atoms with Crippen LogP contribution >= 0.6 is 0 Å². The van der Waals surface area contributed by atoms with Gasteiger partial charge in [0, 0.05) is 13.0 Å². The lowest BCUT2D eigenvalue weighted by Crippen LogP contribution is -2.28. The standard InChI is InChI=1S/C16H24N2O/c1-12(15-8-6-14(11-17)7-9-15)18-16(19)10-13-4-2-3-5-13/h6-9,12-13H,2-5,10-11,17H2,1H3,(H,18,19). The third-order valence-corrected chi connectivity index (χ3v) is 4.04. The van der Waals surface area contributed by atoms with Crippen molar-refractivity contribution < 1.29 is 4.79 Å². The van der Waals surface area contributed by atoms with Crippen LogP contribution in [0.1, 0.15) is 56.2 Å². The summed E-state index contributed by atoms with van der Waals surface area (Å²) in [7, 11) is 0. The highest BCUT2D eigenvalue weighted by Crippen LogP contribution is 2.27. The van der Waals surface area contributed by atoms with Gasteiger partial charge >= 0.3 is 0 Å². The van der Waals surface area contributed by atoms with Crippen LogP contribution in [0, 0.1) is 5.92 Å². The van der Waals surface area contributed by atoms with Gasteiger partial charge in [0.15, 0.2) is 0 Å². The van der Waals surface area contributed by atoms with Crippen molar-refractivity contribution >= 4 is 5.91 Å². The molecule has 0 bridgehead atoms. The second kappa shape index (κ2) is 6.71. The summed E-state index contributed by atoms with van der Waals surface area (Å²) in [5, 5.41) is 3.09. The monoisotopic (exact) mass is 260 g/mol. The Hall–Kier alpha value is -1.35. The quantitative estimate of drug-likeness (QED) is 0.855. The molecule has 0 heterocycles. The number of benzene rings is 1. The fourth-order valence-corrected chi connectivity index (χ4v) is 2.80. The van der Waals surface area contributed by atoms with Gasteiger partial charge in [-0.05, 0) is 36.8 Å². The summed E-state index contributed by atoms with van der Waals surface area (Å²) in [6.07, 6.45) is 5.69. The van der Waals surface area contributed by atoms with Crippen LogP contribution in [0.5, 0.6) is 0 Å². The first kappa shape index (κ1) is 14.1. The minimum atomic E-state index is 0.0701. The molecule has 19 heavy (non-hydrogen) atoms. The van der Waals surface area contributed by atoms with E-state index >= 15 is 0 Å². The Bertz CT molecular complexity index is 407. The van der Waals surface area contributed by atoms with Crippen LogP contribution in [-0.2, 0) is 11.3 Å². The largest absolute Gasteiger partial charge is 0.350 e. The molecular formula is C16H24N2O. The summed E-state index contributed by atoms with van der Waals surface area (Å²) in [5.74, 6) is 0.786. The van der Waals surface area contributed by atoms with Gasteiger partial charge in [0.2, 0.25) is 5.91 Å². The van der Waals surface area contributed by atoms with Crippen LogP contribution in [0.25, 0.3) is 0 Å². The lowest BCUT2D eigenvalue weighted by Gasteiger charge is -2.16. The van der Waals surface area contributed by atoms with Gasteiger partial charge in [0.05, 0.1) is 6.04 Å². The van der Waals surface area contributed by atoms with Gasteiger partial charge in [-0.2, -0.15) is 0 Å². The van der Waals surface area contributed by atoms with Gasteiger partial charge in [0.25, 0.3) is 0 Å². The van der Waals surface area contributed by atoms with E-state index in [1.165, 1.54) is 25.7 Å². The molecule has 0 aromatic heterocycles. The summed E-state index contributed by atoms with van der Waals surface area (Å²) in [5.41, 5.74) is 7.83. The molecule has 1 saturated carbocycles. The van der Waals surface area contributed by atoms with Crippen molar-refractivity contribution in [2.75, 3.05) is 0 Å². The average molecular weight is 260 g/mol. The minimum absolute atomic E-state index is 0.0701. The van der Waals surface area contributed by atoms with Crippen molar-refractivity contribution in [1.82, 2.24) is 5.32 Å². The molecule has 1 aliphatic rings. The topological polar surface area (TPSA) is 55.1 Å². The Morgan fingerprint density at radius 1 is 1.32 bits per heavy atom. The van der Waals surface area contributed by atoms with E-state index in [9.17, 15) is 4.79 Å². The molecule has 1 aliphatic carbocycles. The predicted octanol–water partition coefficient (Wildman–Crippen LogP) is 2.90. The number of carbonyl (C=O) groups is 1. The molecular weight excluding hydrogens is 236 g/mol. The maximum absolute atomic E-state index is 12.0. The zero-order chi connectivity index (χ0) is 13.7. The SMILES string of the molecule is CC(NC(=O)CC1CCCC1)c1ccc(CN)cc1. The molecule has 1 aromatic rings. The van der Waals surface area contributed by atoms with E-state index in [1.54, 1.807) is 0 Å². The van der Waals surface area contributed by atoms with Gasteiger partial charge in [-0.1, -0.05) is 37.1 Å². The van der Waals surface area contributed by atoms with Gasteiger partial charge in [0.1, 0.15) is 0 Å². The summed E-state index contributed by atoms with van der Waals surface area (Å²) in [6, 6.07) is 8.20. The zero-order valence-corrected chi connectivity index (χ0v) is 11.7. The number of rotatable bonds is 5. The Morgan fingerprint density at radius 2 is 1.95 bits per heavy atom. The van der Waals surface area contributed by atoms with E-state index < -0.39 is 0 Å². The van der Waals surface area contributed by atoms with E-state index in [0.29, 0.717) is 18.9 Å². The van der Waals surface area contributed by atoms with Crippen LogP contribution in [0.3, 0.4) is 0 Å². The molecule has 1 aromatic carbocycles. The highest BCUT2D eigenvalue weighted by atomic mass is 16.1. The number of amides is 1. The van der Waals surface area contributed by atoms with Crippen LogP contribution in [0.2, 0.25) is 0 Å². The zero-order valence-electron chi connectivity index (χ0n) is 11.7. The summed E-state index contributed by atoms with van der Waals surface area (Å²) >= 11 is 0. The van der Waals surface area contributed by atoms with E-state index in [4.69, 9.17) is 5.73 Å². The molecule has 0 radical (unpaired) electrons. The van der Waals surface area contributed by atoms with Crippen molar-refractivity contribution in [2.24, 2.45) is 11.7 Å². The van der Waals surface area contributed by atoms with Gasteiger partial charge in [-0.3, -0.25) is 4.79 Å². The normalized spacial score (nSPS) is 17.4. The number of nitrogens with two attached hydrogens (primary N) is 1.